The van der Waals surface area contributed by atoms with E-state index in [1.54, 1.807) is 6.07 Å². The Bertz CT molecular complexity index is 1520. The Morgan fingerprint density at radius 3 is 2.45 bits per heavy atom. The van der Waals surface area contributed by atoms with Gasteiger partial charge in [-0.25, -0.2) is 8.78 Å². The van der Waals surface area contributed by atoms with Gasteiger partial charge >= 0.3 is 0 Å². The Balaban J connectivity index is 1.18. The molecule has 0 radical (unpaired) electrons. The lowest BCUT2D eigenvalue weighted by Gasteiger charge is -2.32. The summed E-state index contributed by atoms with van der Waals surface area (Å²) < 4.78 is 33.1. The molecule has 3 aromatic rings. The van der Waals surface area contributed by atoms with E-state index < -0.39 is 11.6 Å². The summed E-state index contributed by atoms with van der Waals surface area (Å²) in [6, 6.07) is 16.5. The third-order valence-corrected chi connectivity index (χ3v) is 9.59. The molecule has 1 amide bonds. The first-order valence-corrected chi connectivity index (χ1v) is 15.5. The molecule has 2 heterocycles. The van der Waals surface area contributed by atoms with E-state index in [2.05, 4.69) is 29.6 Å². The minimum Gasteiger partial charge on any atom is -0.489 e. The SMILES string of the molecule is O=C(C1=C(c2ccc(CCCOc3c(F)ccc(F)c3Cl)cc2)C[C@H]2CC[C@@H]1N2)N(Cc1cccc(Cl)c1Cl)C1CC1. The Labute approximate surface area is 259 Å². The molecule has 3 aliphatic rings. The van der Waals surface area contributed by atoms with E-state index in [1.165, 1.54) is 0 Å². The van der Waals surface area contributed by atoms with E-state index in [0.717, 1.165) is 72.1 Å². The normalized spacial score (nSPS) is 19.7. The highest BCUT2D eigenvalue weighted by molar-refractivity contribution is 6.42. The van der Waals surface area contributed by atoms with Crippen molar-refractivity contribution in [1.29, 1.82) is 0 Å². The summed E-state index contributed by atoms with van der Waals surface area (Å²) >= 11 is 18.6. The summed E-state index contributed by atoms with van der Waals surface area (Å²) in [5, 5.41) is 4.31. The van der Waals surface area contributed by atoms with Crippen LogP contribution in [-0.4, -0.2) is 35.5 Å². The number of carbonyl (C=O) groups excluding carboxylic acids is 1. The van der Waals surface area contributed by atoms with E-state index >= 15 is 0 Å². The van der Waals surface area contributed by atoms with Gasteiger partial charge in [-0.15, -0.1) is 0 Å². The van der Waals surface area contributed by atoms with Crippen molar-refractivity contribution in [3.63, 3.8) is 0 Å². The monoisotopic (exact) mass is 630 g/mol. The number of halogens is 5. The highest BCUT2D eigenvalue weighted by atomic mass is 35.5. The van der Waals surface area contributed by atoms with Gasteiger partial charge in [-0.2, -0.15) is 0 Å². The first kappa shape index (κ1) is 29.4. The number of aryl methyl sites for hydroxylation is 1. The molecule has 220 valence electrons. The second kappa shape index (κ2) is 12.5. The van der Waals surface area contributed by atoms with Gasteiger partial charge in [-0.1, -0.05) is 71.2 Å². The molecule has 1 aliphatic carbocycles. The van der Waals surface area contributed by atoms with Crippen LogP contribution in [0.3, 0.4) is 0 Å². The van der Waals surface area contributed by atoms with Crippen LogP contribution in [0.4, 0.5) is 8.78 Å². The molecule has 2 fully saturated rings. The number of hydrogen-bond donors (Lipinski definition) is 1. The van der Waals surface area contributed by atoms with Gasteiger partial charge in [-0.05, 0) is 85.4 Å². The molecule has 4 nitrogen and oxygen atoms in total. The van der Waals surface area contributed by atoms with Crippen molar-refractivity contribution in [2.45, 2.75) is 69.6 Å². The molecule has 2 atom stereocenters. The van der Waals surface area contributed by atoms with Crippen LogP contribution in [0.15, 0.2) is 60.2 Å². The molecule has 2 bridgehead atoms. The van der Waals surface area contributed by atoms with Crippen LogP contribution in [0.25, 0.3) is 5.57 Å². The summed E-state index contributed by atoms with van der Waals surface area (Å²) in [5.41, 5.74) is 4.98. The Morgan fingerprint density at radius 2 is 1.69 bits per heavy atom. The average Bonchev–Trinajstić information content (AvgIpc) is 3.77. The Hall–Kier alpha value is -2.64. The molecular weight excluding hydrogens is 601 g/mol. The van der Waals surface area contributed by atoms with Crippen molar-refractivity contribution in [2.24, 2.45) is 0 Å². The molecule has 0 spiro atoms. The number of carbonyl (C=O) groups is 1. The van der Waals surface area contributed by atoms with Crippen LogP contribution in [0.5, 0.6) is 5.75 Å². The maximum absolute atomic E-state index is 14.3. The molecule has 1 N–H and O–H groups in total. The van der Waals surface area contributed by atoms with Crippen molar-refractivity contribution in [3.05, 3.63) is 104 Å². The minimum absolute atomic E-state index is 0.0363. The van der Waals surface area contributed by atoms with E-state index in [1.807, 2.05) is 17.0 Å². The zero-order valence-electron chi connectivity index (χ0n) is 22.9. The van der Waals surface area contributed by atoms with Gasteiger partial charge in [0.05, 0.1) is 16.7 Å². The predicted molar refractivity (Wildman–Crippen MR) is 163 cm³/mol. The number of benzene rings is 3. The quantitative estimate of drug-likeness (QED) is 0.181. The molecule has 42 heavy (non-hydrogen) atoms. The standard InChI is InChI=1S/C33H31Cl3F2N2O2/c34-25-5-1-4-21(30(25)35)18-40(23-11-12-23)33(41)29-24(17-22-10-15-28(29)39-22)20-8-6-19(7-9-20)3-2-16-42-32-27(38)14-13-26(37)31(32)36/h1,4-9,13-14,22-23,28,39H,2-3,10-12,15-18H2/t22-,28+/m1/s1. The summed E-state index contributed by atoms with van der Waals surface area (Å²) in [4.78, 5) is 16.2. The first-order chi connectivity index (χ1) is 20.3. The zero-order valence-corrected chi connectivity index (χ0v) is 25.2. The number of nitrogens with one attached hydrogen (secondary N) is 1. The molecule has 2 aliphatic heterocycles. The van der Waals surface area contributed by atoms with Crippen LogP contribution in [0.1, 0.15) is 55.2 Å². The number of hydrogen-bond acceptors (Lipinski definition) is 3. The molecule has 0 unspecified atom stereocenters. The number of rotatable bonds is 10. The molecule has 6 rings (SSSR count). The van der Waals surface area contributed by atoms with Gasteiger partial charge in [0.2, 0.25) is 0 Å². The van der Waals surface area contributed by atoms with Gasteiger partial charge < -0.3 is 15.0 Å². The maximum atomic E-state index is 14.3. The maximum Gasteiger partial charge on any atom is 0.252 e. The van der Waals surface area contributed by atoms with Crippen LogP contribution >= 0.6 is 34.8 Å². The molecular formula is C33H31Cl3F2N2O2. The molecule has 0 aromatic heterocycles. The van der Waals surface area contributed by atoms with E-state index in [4.69, 9.17) is 39.5 Å². The highest BCUT2D eigenvalue weighted by Gasteiger charge is 2.42. The number of fused-ring (bicyclic) bond motifs is 2. The largest absolute Gasteiger partial charge is 0.489 e. The summed E-state index contributed by atoms with van der Waals surface area (Å²) in [7, 11) is 0. The fraction of sp³-hybridized carbons (Fsp3) is 0.364. The van der Waals surface area contributed by atoms with Crippen molar-refractivity contribution >= 4 is 46.3 Å². The third-order valence-electron chi connectivity index (χ3n) is 8.38. The fourth-order valence-electron chi connectivity index (χ4n) is 6.05. The number of amides is 1. The molecule has 3 aromatic carbocycles. The lowest BCUT2D eigenvalue weighted by atomic mass is 9.88. The summed E-state index contributed by atoms with van der Waals surface area (Å²) in [6.45, 7) is 0.635. The number of nitrogens with zero attached hydrogens (tertiary/aromatic N) is 1. The fourth-order valence-corrected chi connectivity index (χ4v) is 6.64. The lowest BCUT2D eigenvalue weighted by molar-refractivity contribution is -0.128. The van der Waals surface area contributed by atoms with Crippen LogP contribution in [-0.2, 0) is 17.8 Å². The molecule has 1 saturated carbocycles. The van der Waals surface area contributed by atoms with Gasteiger partial charge in [0.25, 0.3) is 5.91 Å². The Kier molecular flexibility index (Phi) is 8.78. The van der Waals surface area contributed by atoms with Crippen molar-refractivity contribution in [2.75, 3.05) is 6.61 Å². The smallest absolute Gasteiger partial charge is 0.252 e. The molecule has 9 heteroatoms. The van der Waals surface area contributed by atoms with E-state index in [9.17, 15) is 13.6 Å². The highest BCUT2D eigenvalue weighted by Crippen LogP contribution is 2.41. The predicted octanol–water partition coefficient (Wildman–Crippen LogP) is 8.41. The van der Waals surface area contributed by atoms with Gasteiger partial charge in [0.15, 0.2) is 11.6 Å². The first-order valence-electron chi connectivity index (χ1n) is 14.4. The minimum atomic E-state index is -0.712. The van der Waals surface area contributed by atoms with Crippen molar-refractivity contribution < 1.29 is 18.3 Å². The third kappa shape index (κ3) is 6.19. The second-order valence-corrected chi connectivity index (χ2v) is 12.5. The van der Waals surface area contributed by atoms with Crippen molar-refractivity contribution in [3.8, 4) is 5.75 Å². The second-order valence-electron chi connectivity index (χ2n) is 11.3. The van der Waals surface area contributed by atoms with Crippen molar-refractivity contribution in [1.82, 2.24) is 10.2 Å². The Morgan fingerprint density at radius 1 is 0.929 bits per heavy atom. The van der Waals surface area contributed by atoms with E-state index in [-0.39, 0.29) is 35.4 Å². The lowest BCUT2D eigenvalue weighted by Crippen LogP contribution is -2.44. The van der Waals surface area contributed by atoms with Crippen LogP contribution < -0.4 is 10.1 Å². The topological polar surface area (TPSA) is 41.6 Å². The van der Waals surface area contributed by atoms with E-state index in [0.29, 0.717) is 35.5 Å². The summed E-state index contributed by atoms with van der Waals surface area (Å²) in [5.74, 6) is -1.58. The number of ether oxygens (including phenoxy) is 1. The zero-order chi connectivity index (χ0) is 29.4. The van der Waals surface area contributed by atoms with Crippen LogP contribution in [0, 0.1) is 11.6 Å². The van der Waals surface area contributed by atoms with Gasteiger partial charge in [-0.3, -0.25) is 4.79 Å². The van der Waals surface area contributed by atoms with Gasteiger partial charge in [0.1, 0.15) is 10.8 Å². The summed E-state index contributed by atoms with van der Waals surface area (Å²) in [6.07, 6.45) is 6.08. The molecule has 1 saturated heterocycles. The average molecular weight is 632 g/mol. The van der Waals surface area contributed by atoms with Crippen LogP contribution in [0.2, 0.25) is 15.1 Å². The van der Waals surface area contributed by atoms with Gasteiger partial charge in [0, 0.05) is 30.2 Å².